The van der Waals surface area contributed by atoms with Crippen LogP contribution in [-0.4, -0.2) is 23.2 Å². The lowest BCUT2D eigenvalue weighted by Crippen LogP contribution is -2.24. The molecule has 0 fully saturated rings. The molecular weight excluding hydrogens is 202 g/mol. The van der Waals surface area contributed by atoms with Crippen molar-refractivity contribution in [3.8, 4) is 0 Å². The van der Waals surface area contributed by atoms with Crippen molar-refractivity contribution in [2.75, 3.05) is 6.54 Å². The first-order valence-electron chi connectivity index (χ1n) is 5.52. The minimum atomic E-state index is -0.750. The number of amides is 1. The molecule has 1 aromatic carbocycles. The monoisotopic (exact) mass is 221 g/mol. The van der Waals surface area contributed by atoms with E-state index in [0.29, 0.717) is 18.5 Å². The van der Waals surface area contributed by atoms with E-state index in [1.807, 2.05) is 25.1 Å². The van der Waals surface area contributed by atoms with E-state index in [0.717, 1.165) is 5.56 Å². The van der Waals surface area contributed by atoms with E-state index in [4.69, 9.17) is 0 Å². The first kappa shape index (κ1) is 12.7. The first-order valence-corrected chi connectivity index (χ1v) is 5.52. The summed E-state index contributed by atoms with van der Waals surface area (Å²) in [5.74, 6) is -0.0694. The number of carbonyl (C=O) groups is 1. The first-order chi connectivity index (χ1) is 7.42. The summed E-state index contributed by atoms with van der Waals surface area (Å²) < 4.78 is 0. The third-order valence-corrected chi connectivity index (χ3v) is 2.16. The molecule has 0 radical (unpaired) electrons. The lowest BCUT2D eigenvalue weighted by molar-refractivity contribution is 0.0808. The van der Waals surface area contributed by atoms with Gasteiger partial charge in [-0.05, 0) is 38.5 Å². The number of aliphatic hydroxyl groups is 1. The maximum absolute atomic E-state index is 11.6. The Hall–Kier alpha value is -1.35. The summed E-state index contributed by atoms with van der Waals surface area (Å²) in [7, 11) is 0. The highest BCUT2D eigenvalue weighted by molar-refractivity contribution is 5.94. The molecule has 1 aromatic rings. The molecule has 0 aliphatic rings. The predicted molar refractivity (Wildman–Crippen MR) is 64.5 cm³/mol. The molecule has 0 bridgehead atoms. The lowest BCUT2D eigenvalue weighted by atomic mass is 9.97. The second-order valence-electron chi connectivity index (χ2n) is 4.55. The average Bonchev–Trinajstić information content (AvgIpc) is 2.16. The fourth-order valence-electron chi connectivity index (χ4n) is 1.58. The standard InChI is InChI=1S/C13H19NO2/c1-4-14-12(15)11-7-5-6-10(8-11)9-13(2,3)16/h5-8,16H,4,9H2,1-3H3,(H,14,15). The molecule has 0 saturated carbocycles. The van der Waals surface area contributed by atoms with E-state index in [9.17, 15) is 9.90 Å². The van der Waals surface area contributed by atoms with E-state index >= 15 is 0 Å². The van der Waals surface area contributed by atoms with Crippen molar-refractivity contribution in [1.82, 2.24) is 5.32 Å². The van der Waals surface area contributed by atoms with Crippen LogP contribution in [0.25, 0.3) is 0 Å². The number of hydrogen-bond donors (Lipinski definition) is 2. The second-order valence-corrected chi connectivity index (χ2v) is 4.55. The van der Waals surface area contributed by atoms with Gasteiger partial charge in [-0.25, -0.2) is 0 Å². The molecule has 0 unspecified atom stereocenters. The minimum absolute atomic E-state index is 0.0694. The van der Waals surface area contributed by atoms with Gasteiger partial charge in [-0.1, -0.05) is 12.1 Å². The van der Waals surface area contributed by atoms with E-state index in [-0.39, 0.29) is 5.91 Å². The highest BCUT2D eigenvalue weighted by Crippen LogP contribution is 2.13. The summed E-state index contributed by atoms with van der Waals surface area (Å²) in [6.45, 7) is 6.02. The molecule has 0 saturated heterocycles. The van der Waals surface area contributed by atoms with Gasteiger partial charge in [0.05, 0.1) is 5.60 Å². The summed E-state index contributed by atoms with van der Waals surface area (Å²) in [5, 5.41) is 12.5. The topological polar surface area (TPSA) is 49.3 Å². The quantitative estimate of drug-likeness (QED) is 0.813. The lowest BCUT2D eigenvalue weighted by Gasteiger charge is -2.17. The van der Waals surface area contributed by atoms with Crippen LogP contribution < -0.4 is 5.32 Å². The third-order valence-electron chi connectivity index (χ3n) is 2.16. The Kier molecular flexibility index (Phi) is 4.07. The zero-order valence-electron chi connectivity index (χ0n) is 10.1. The van der Waals surface area contributed by atoms with E-state index in [2.05, 4.69) is 5.32 Å². The van der Waals surface area contributed by atoms with Crippen molar-refractivity contribution in [2.45, 2.75) is 32.8 Å². The number of carbonyl (C=O) groups excluding carboxylic acids is 1. The van der Waals surface area contributed by atoms with Gasteiger partial charge in [0.2, 0.25) is 0 Å². The van der Waals surface area contributed by atoms with Crippen LogP contribution in [-0.2, 0) is 6.42 Å². The SMILES string of the molecule is CCNC(=O)c1cccc(CC(C)(C)O)c1. The van der Waals surface area contributed by atoms with Crippen molar-refractivity contribution in [1.29, 1.82) is 0 Å². The molecule has 0 heterocycles. The normalized spacial score (nSPS) is 11.2. The Bertz CT molecular complexity index is 366. The van der Waals surface area contributed by atoms with Gasteiger partial charge < -0.3 is 10.4 Å². The third kappa shape index (κ3) is 4.03. The van der Waals surface area contributed by atoms with Crippen molar-refractivity contribution < 1.29 is 9.90 Å². The highest BCUT2D eigenvalue weighted by Gasteiger charge is 2.14. The summed E-state index contributed by atoms with van der Waals surface area (Å²) in [6.07, 6.45) is 0.542. The Morgan fingerprint density at radius 2 is 2.12 bits per heavy atom. The van der Waals surface area contributed by atoms with E-state index in [1.165, 1.54) is 0 Å². The zero-order chi connectivity index (χ0) is 12.2. The Morgan fingerprint density at radius 1 is 1.44 bits per heavy atom. The number of nitrogens with one attached hydrogen (secondary N) is 1. The van der Waals surface area contributed by atoms with E-state index < -0.39 is 5.60 Å². The van der Waals surface area contributed by atoms with Crippen LogP contribution in [0.5, 0.6) is 0 Å². The summed E-state index contributed by atoms with van der Waals surface area (Å²) in [6, 6.07) is 7.36. The van der Waals surface area contributed by atoms with Gasteiger partial charge in [0.1, 0.15) is 0 Å². The predicted octanol–water partition coefficient (Wildman–Crippen LogP) is 1.75. The van der Waals surface area contributed by atoms with Crippen molar-refractivity contribution in [2.24, 2.45) is 0 Å². The van der Waals surface area contributed by atoms with Gasteiger partial charge in [-0.3, -0.25) is 4.79 Å². The van der Waals surface area contributed by atoms with Crippen LogP contribution >= 0.6 is 0 Å². The summed E-state index contributed by atoms with van der Waals surface area (Å²) >= 11 is 0. The van der Waals surface area contributed by atoms with Crippen LogP contribution in [0.15, 0.2) is 24.3 Å². The van der Waals surface area contributed by atoms with Crippen LogP contribution in [0.3, 0.4) is 0 Å². The second kappa shape index (κ2) is 5.12. The molecule has 1 rings (SSSR count). The van der Waals surface area contributed by atoms with Crippen LogP contribution in [0, 0.1) is 0 Å². The molecule has 0 atom stereocenters. The number of hydrogen-bond acceptors (Lipinski definition) is 2. The number of rotatable bonds is 4. The van der Waals surface area contributed by atoms with Crippen molar-refractivity contribution >= 4 is 5.91 Å². The summed E-state index contributed by atoms with van der Waals surface area (Å²) in [4.78, 5) is 11.6. The Labute approximate surface area is 96.5 Å². The average molecular weight is 221 g/mol. The maximum Gasteiger partial charge on any atom is 0.251 e. The smallest absolute Gasteiger partial charge is 0.251 e. The van der Waals surface area contributed by atoms with Gasteiger partial charge in [0.25, 0.3) is 5.91 Å². The Morgan fingerprint density at radius 3 is 2.69 bits per heavy atom. The highest BCUT2D eigenvalue weighted by atomic mass is 16.3. The molecular formula is C13H19NO2. The van der Waals surface area contributed by atoms with Crippen LogP contribution in [0.4, 0.5) is 0 Å². The molecule has 0 spiro atoms. The largest absolute Gasteiger partial charge is 0.390 e. The van der Waals surface area contributed by atoms with Crippen LogP contribution in [0.2, 0.25) is 0 Å². The van der Waals surface area contributed by atoms with Gasteiger partial charge in [0, 0.05) is 18.5 Å². The molecule has 3 nitrogen and oxygen atoms in total. The van der Waals surface area contributed by atoms with Gasteiger partial charge in [0.15, 0.2) is 0 Å². The van der Waals surface area contributed by atoms with E-state index in [1.54, 1.807) is 19.9 Å². The maximum atomic E-state index is 11.6. The van der Waals surface area contributed by atoms with Gasteiger partial charge in [-0.2, -0.15) is 0 Å². The molecule has 2 N–H and O–H groups in total. The van der Waals surface area contributed by atoms with Crippen molar-refractivity contribution in [3.63, 3.8) is 0 Å². The fraction of sp³-hybridized carbons (Fsp3) is 0.462. The zero-order valence-corrected chi connectivity index (χ0v) is 10.1. The number of benzene rings is 1. The van der Waals surface area contributed by atoms with Gasteiger partial charge >= 0.3 is 0 Å². The minimum Gasteiger partial charge on any atom is -0.390 e. The summed E-state index contributed by atoms with van der Waals surface area (Å²) in [5.41, 5.74) is 0.861. The van der Waals surface area contributed by atoms with Crippen molar-refractivity contribution in [3.05, 3.63) is 35.4 Å². The molecule has 0 aromatic heterocycles. The molecule has 1 amide bonds. The molecule has 3 heteroatoms. The molecule has 0 aliphatic heterocycles. The molecule has 0 aliphatic carbocycles. The van der Waals surface area contributed by atoms with Gasteiger partial charge in [-0.15, -0.1) is 0 Å². The fourth-order valence-corrected chi connectivity index (χ4v) is 1.58. The van der Waals surface area contributed by atoms with Crippen LogP contribution in [0.1, 0.15) is 36.7 Å². The molecule has 88 valence electrons. The molecule has 16 heavy (non-hydrogen) atoms. The Balaban J connectivity index is 2.83.